The van der Waals surface area contributed by atoms with E-state index in [2.05, 4.69) is 20.6 Å². The molecule has 2 N–H and O–H groups in total. The topological polar surface area (TPSA) is 84.7 Å². The van der Waals surface area contributed by atoms with Crippen LogP contribution in [0.5, 0.6) is 0 Å². The second kappa shape index (κ2) is 9.38. The monoisotopic (exact) mass is 494 g/mol. The lowest BCUT2D eigenvalue weighted by Crippen LogP contribution is -2.31. The molecule has 0 spiro atoms. The highest BCUT2D eigenvalue weighted by Crippen LogP contribution is 2.38. The van der Waals surface area contributed by atoms with Crippen molar-refractivity contribution in [3.63, 3.8) is 0 Å². The summed E-state index contributed by atoms with van der Waals surface area (Å²) >= 11 is 9.38. The van der Waals surface area contributed by atoms with Gasteiger partial charge in [-0.25, -0.2) is 4.68 Å². The summed E-state index contributed by atoms with van der Waals surface area (Å²) in [5.41, 5.74) is 2.97. The Kier molecular flexibility index (Phi) is 6.17. The standard InChI is InChI=1S/C23H19ClN6OS2/c1-14-19(21(31)27-16-7-4-10-25-12-16)20(18-9-5-11-32-18)30-22(26-14)28-23(29-30)33-13-15-6-2-3-8-17(15)24/h2-12,20H,13H2,1H3,(H,27,31)(H,26,28,29)/t20-/m0/s1. The van der Waals surface area contributed by atoms with Crippen molar-refractivity contribution >= 4 is 52.2 Å². The Hall–Kier alpha value is -3.14. The van der Waals surface area contributed by atoms with Crippen LogP contribution in [0.4, 0.5) is 11.6 Å². The number of thioether (sulfide) groups is 1. The number of amides is 1. The molecule has 10 heteroatoms. The molecule has 0 radical (unpaired) electrons. The van der Waals surface area contributed by atoms with Crippen LogP contribution in [-0.4, -0.2) is 25.7 Å². The van der Waals surface area contributed by atoms with E-state index in [1.54, 1.807) is 34.5 Å². The van der Waals surface area contributed by atoms with E-state index < -0.39 is 0 Å². The molecule has 1 aliphatic rings. The normalized spacial score (nSPS) is 15.2. The number of nitrogens with zero attached hydrogens (tertiary/aromatic N) is 4. The maximum atomic E-state index is 13.3. The molecule has 1 aromatic carbocycles. The quantitative estimate of drug-likeness (QED) is 0.339. The minimum atomic E-state index is -0.389. The molecule has 1 amide bonds. The first-order valence-electron chi connectivity index (χ1n) is 10.2. The number of allylic oxidation sites excluding steroid dienone is 1. The Labute approximate surface area is 203 Å². The zero-order valence-corrected chi connectivity index (χ0v) is 19.9. The second-order valence-corrected chi connectivity index (χ2v) is 9.65. The summed E-state index contributed by atoms with van der Waals surface area (Å²) in [6.07, 6.45) is 3.29. The fraction of sp³-hybridized carbons (Fsp3) is 0.130. The van der Waals surface area contributed by atoms with E-state index in [4.69, 9.17) is 16.7 Å². The largest absolute Gasteiger partial charge is 0.328 e. The van der Waals surface area contributed by atoms with Crippen molar-refractivity contribution in [3.05, 3.63) is 93.0 Å². The molecule has 1 atom stereocenters. The predicted octanol–water partition coefficient (Wildman–Crippen LogP) is 5.61. The van der Waals surface area contributed by atoms with E-state index in [1.807, 2.05) is 54.8 Å². The van der Waals surface area contributed by atoms with Gasteiger partial charge in [0.2, 0.25) is 11.1 Å². The van der Waals surface area contributed by atoms with Gasteiger partial charge in [0, 0.05) is 27.5 Å². The second-order valence-electron chi connectivity index (χ2n) is 7.32. The number of nitrogens with one attached hydrogen (secondary N) is 2. The van der Waals surface area contributed by atoms with Crippen LogP contribution in [0, 0.1) is 0 Å². The third kappa shape index (κ3) is 4.52. The summed E-state index contributed by atoms with van der Waals surface area (Å²) in [6.45, 7) is 1.88. The van der Waals surface area contributed by atoms with Crippen LogP contribution in [0.25, 0.3) is 0 Å². The Bertz CT molecular complexity index is 1320. The maximum Gasteiger partial charge on any atom is 0.255 e. The van der Waals surface area contributed by atoms with Gasteiger partial charge in [0.25, 0.3) is 5.91 Å². The summed E-state index contributed by atoms with van der Waals surface area (Å²) in [6, 6.07) is 14.9. The molecule has 7 nitrogen and oxygen atoms in total. The lowest BCUT2D eigenvalue weighted by Gasteiger charge is -2.27. The van der Waals surface area contributed by atoms with Gasteiger partial charge >= 0.3 is 0 Å². The molecule has 0 aliphatic carbocycles. The van der Waals surface area contributed by atoms with Gasteiger partial charge in [-0.05, 0) is 42.1 Å². The van der Waals surface area contributed by atoms with Crippen LogP contribution >= 0.6 is 34.7 Å². The van der Waals surface area contributed by atoms with Gasteiger partial charge in [0.15, 0.2) is 0 Å². The number of carbonyl (C=O) groups excluding carboxylic acids is 1. The number of anilines is 2. The number of fused-ring (bicyclic) bond motifs is 1. The third-order valence-corrected chi connectivity index (χ3v) is 7.30. The van der Waals surface area contributed by atoms with Crippen LogP contribution in [0.2, 0.25) is 5.02 Å². The highest BCUT2D eigenvalue weighted by atomic mass is 35.5. The summed E-state index contributed by atoms with van der Waals surface area (Å²) < 4.78 is 1.78. The average Bonchev–Trinajstić information content (AvgIpc) is 3.48. The average molecular weight is 495 g/mol. The Balaban J connectivity index is 1.46. The van der Waals surface area contributed by atoms with Crippen LogP contribution in [0.3, 0.4) is 0 Å². The van der Waals surface area contributed by atoms with Gasteiger partial charge in [-0.2, -0.15) is 4.98 Å². The first kappa shape index (κ1) is 21.7. The van der Waals surface area contributed by atoms with E-state index in [9.17, 15) is 4.79 Å². The van der Waals surface area contributed by atoms with Gasteiger partial charge in [0.1, 0.15) is 6.04 Å². The first-order valence-corrected chi connectivity index (χ1v) is 12.4. The molecular formula is C23H19ClN6OS2. The van der Waals surface area contributed by atoms with Crippen LogP contribution in [0.15, 0.2) is 82.7 Å². The van der Waals surface area contributed by atoms with Crippen molar-refractivity contribution < 1.29 is 4.79 Å². The molecule has 0 saturated carbocycles. The highest BCUT2D eigenvalue weighted by molar-refractivity contribution is 7.98. The number of carbonyl (C=O) groups is 1. The minimum absolute atomic E-state index is 0.210. The Morgan fingerprint density at radius 3 is 2.88 bits per heavy atom. The van der Waals surface area contributed by atoms with Crippen LogP contribution < -0.4 is 10.6 Å². The summed E-state index contributed by atoms with van der Waals surface area (Å²) in [4.78, 5) is 23.1. The van der Waals surface area contributed by atoms with Gasteiger partial charge in [-0.1, -0.05) is 47.6 Å². The lowest BCUT2D eigenvalue weighted by atomic mass is 10.0. The smallest absolute Gasteiger partial charge is 0.255 e. The number of aromatic nitrogens is 4. The lowest BCUT2D eigenvalue weighted by molar-refractivity contribution is -0.113. The number of halogens is 1. The number of benzene rings is 1. The van der Waals surface area contributed by atoms with Crippen LogP contribution in [0.1, 0.15) is 23.4 Å². The first-order chi connectivity index (χ1) is 16.1. The molecule has 4 heterocycles. The molecular weight excluding hydrogens is 476 g/mol. The van der Waals surface area contributed by atoms with Gasteiger partial charge in [-0.15, -0.1) is 16.4 Å². The van der Waals surface area contributed by atoms with Gasteiger partial charge in [-0.3, -0.25) is 9.78 Å². The Morgan fingerprint density at radius 1 is 1.24 bits per heavy atom. The maximum absolute atomic E-state index is 13.3. The fourth-order valence-corrected chi connectivity index (χ4v) is 5.52. The molecule has 1 aliphatic heterocycles. The number of pyridine rings is 1. The molecule has 3 aromatic heterocycles. The van der Waals surface area contributed by atoms with Crippen LogP contribution in [-0.2, 0) is 10.5 Å². The van der Waals surface area contributed by atoms with Crippen molar-refractivity contribution in [1.29, 1.82) is 0 Å². The third-order valence-electron chi connectivity index (χ3n) is 5.12. The van der Waals surface area contributed by atoms with Crippen molar-refractivity contribution in [1.82, 2.24) is 19.7 Å². The molecule has 166 valence electrons. The number of hydrogen-bond acceptors (Lipinski definition) is 7. The van der Waals surface area contributed by atoms with E-state index in [0.717, 1.165) is 21.2 Å². The Morgan fingerprint density at radius 2 is 2.12 bits per heavy atom. The molecule has 0 saturated heterocycles. The number of hydrogen-bond donors (Lipinski definition) is 2. The molecule has 0 bridgehead atoms. The summed E-state index contributed by atoms with van der Waals surface area (Å²) in [5.74, 6) is 1.04. The molecule has 4 aromatic rings. The van der Waals surface area contributed by atoms with E-state index in [-0.39, 0.29) is 11.9 Å². The SMILES string of the molecule is CC1=C(C(=O)Nc2cccnc2)[C@H](c2cccs2)n2nc(SCc3ccccc3Cl)nc2N1. The van der Waals surface area contributed by atoms with Crippen molar-refractivity contribution in [3.8, 4) is 0 Å². The minimum Gasteiger partial charge on any atom is -0.328 e. The molecule has 33 heavy (non-hydrogen) atoms. The highest BCUT2D eigenvalue weighted by Gasteiger charge is 2.35. The van der Waals surface area contributed by atoms with Gasteiger partial charge < -0.3 is 10.6 Å². The van der Waals surface area contributed by atoms with E-state index >= 15 is 0 Å². The van der Waals surface area contributed by atoms with Crippen molar-refractivity contribution in [2.24, 2.45) is 0 Å². The zero-order valence-electron chi connectivity index (χ0n) is 17.5. The van der Waals surface area contributed by atoms with E-state index in [0.29, 0.717) is 28.1 Å². The molecule has 0 fully saturated rings. The number of rotatable bonds is 6. The number of thiophene rings is 1. The predicted molar refractivity (Wildman–Crippen MR) is 133 cm³/mol. The summed E-state index contributed by atoms with van der Waals surface area (Å²) in [5, 5.41) is 14.3. The molecule has 5 rings (SSSR count). The van der Waals surface area contributed by atoms with Crippen molar-refractivity contribution in [2.45, 2.75) is 23.9 Å². The van der Waals surface area contributed by atoms with E-state index in [1.165, 1.54) is 11.8 Å². The van der Waals surface area contributed by atoms with Gasteiger partial charge in [0.05, 0.1) is 17.5 Å². The fourth-order valence-electron chi connectivity index (χ4n) is 3.59. The summed E-state index contributed by atoms with van der Waals surface area (Å²) in [7, 11) is 0. The molecule has 0 unspecified atom stereocenters. The zero-order chi connectivity index (χ0) is 22.8. The van der Waals surface area contributed by atoms with Crippen molar-refractivity contribution in [2.75, 3.05) is 10.6 Å².